The number of aliphatic hydroxyl groups excluding tert-OH is 1. The maximum absolute atomic E-state index is 10.8. The van der Waals surface area contributed by atoms with Crippen LogP contribution in [-0.2, 0) is 4.74 Å². The van der Waals surface area contributed by atoms with Gasteiger partial charge in [-0.2, -0.15) is 0 Å². The van der Waals surface area contributed by atoms with E-state index in [2.05, 4.69) is 55.4 Å². The van der Waals surface area contributed by atoms with E-state index in [-0.39, 0.29) is 17.1 Å². The van der Waals surface area contributed by atoms with E-state index in [1.807, 2.05) is 11.1 Å². The van der Waals surface area contributed by atoms with E-state index in [0.29, 0.717) is 28.3 Å². The van der Waals surface area contributed by atoms with Crippen molar-refractivity contribution in [3.8, 4) is 0 Å². The van der Waals surface area contributed by atoms with Crippen molar-refractivity contribution in [3.63, 3.8) is 0 Å². The highest BCUT2D eigenvalue weighted by Crippen LogP contribution is 2.72. The third kappa shape index (κ3) is 3.03. The molecule has 1 aliphatic heterocycles. The van der Waals surface area contributed by atoms with Gasteiger partial charge in [0.15, 0.2) is 0 Å². The summed E-state index contributed by atoms with van der Waals surface area (Å²) in [5.74, 6) is 2.27. The minimum atomic E-state index is -0.135. The van der Waals surface area contributed by atoms with Crippen molar-refractivity contribution in [3.05, 3.63) is 11.1 Å². The van der Waals surface area contributed by atoms with Gasteiger partial charge in [0, 0.05) is 0 Å². The lowest BCUT2D eigenvalue weighted by molar-refractivity contribution is -0.0962. The van der Waals surface area contributed by atoms with E-state index < -0.39 is 0 Å². The zero-order valence-corrected chi connectivity index (χ0v) is 22.3. The first-order chi connectivity index (χ1) is 14.8. The molecule has 1 saturated heterocycles. The predicted molar refractivity (Wildman–Crippen MR) is 132 cm³/mol. The molecule has 1 heterocycles. The smallest absolute Gasteiger partial charge is 0.0892 e. The highest BCUT2D eigenvalue weighted by Gasteiger charge is 2.63. The topological polar surface area (TPSA) is 32.8 Å². The summed E-state index contributed by atoms with van der Waals surface area (Å²) in [5.41, 5.74) is 5.01. The summed E-state index contributed by atoms with van der Waals surface area (Å²) in [6.45, 7) is 19.6. The quantitative estimate of drug-likeness (QED) is 0.357. The molecule has 0 amide bonds. The van der Waals surface area contributed by atoms with Crippen LogP contribution in [0.4, 0.5) is 0 Å². The van der Waals surface area contributed by atoms with Crippen LogP contribution in [0.1, 0.15) is 120 Å². The Morgan fingerprint density at radius 2 is 1.59 bits per heavy atom. The van der Waals surface area contributed by atoms with Crippen molar-refractivity contribution in [1.82, 2.24) is 0 Å². The van der Waals surface area contributed by atoms with Crippen LogP contribution in [0.5, 0.6) is 0 Å². The Hall–Kier alpha value is -0.340. The van der Waals surface area contributed by atoms with E-state index in [9.17, 15) is 5.11 Å². The fourth-order valence-electron chi connectivity index (χ4n) is 9.98. The van der Waals surface area contributed by atoms with E-state index in [1.54, 1.807) is 0 Å². The van der Waals surface area contributed by atoms with Gasteiger partial charge in [-0.1, -0.05) is 52.7 Å². The van der Waals surface area contributed by atoms with Crippen LogP contribution in [0.2, 0.25) is 0 Å². The Balaban J connectivity index is 1.41. The van der Waals surface area contributed by atoms with Crippen LogP contribution in [0.25, 0.3) is 0 Å². The molecule has 8 unspecified atom stereocenters. The van der Waals surface area contributed by atoms with Gasteiger partial charge in [-0.25, -0.2) is 0 Å². The van der Waals surface area contributed by atoms with Crippen LogP contribution in [0.15, 0.2) is 11.1 Å². The van der Waals surface area contributed by atoms with E-state index >= 15 is 0 Å². The van der Waals surface area contributed by atoms with Crippen molar-refractivity contribution < 1.29 is 9.84 Å². The fourth-order valence-corrected chi connectivity index (χ4v) is 9.98. The minimum absolute atomic E-state index is 0.0402. The van der Waals surface area contributed by atoms with E-state index in [1.165, 1.54) is 57.8 Å². The zero-order chi connectivity index (χ0) is 23.3. The summed E-state index contributed by atoms with van der Waals surface area (Å²) < 4.78 is 5.90. The van der Waals surface area contributed by atoms with Gasteiger partial charge in [0.05, 0.1) is 17.8 Å². The number of epoxide rings is 1. The van der Waals surface area contributed by atoms with Gasteiger partial charge in [-0.3, -0.25) is 0 Å². The third-order valence-corrected chi connectivity index (χ3v) is 12.5. The molecule has 0 aromatic carbocycles. The highest BCUT2D eigenvalue weighted by molar-refractivity contribution is 5.38. The van der Waals surface area contributed by atoms with Gasteiger partial charge in [0.1, 0.15) is 0 Å². The Kier molecular flexibility index (Phi) is 5.19. The molecule has 0 aromatic heterocycles. The molecule has 2 nitrogen and oxygen atoms in total. The lowest BCUT2D eigenvalue weighted by Crippen LogP contribution is -2.55. The molecule has 5 rings (SSSR count). The first-order valence-corrected chi connectivity index (χ1v) is 13.9. The van der Waals surface area contributed by atoms with Gasteiger partial charge in [0.25, 0.3) is 0 Å². The van der Waals surface area contributed by atoms with Gasteiger partial charge in [0.2, 0.25) is 0 Å². The SMILES string of the molecule is CC(CCC1OC1(C)C)C1CCC2(C)C3=C(CCC12C)C1(C)CCC(O)C(C)(C)C1CC3. The standard InChI is InChI=1S/C30H50O2/c1-19(9-12-25-27(4,5)32-25)20-13-17-30(8)22-10-11-23-26(2,3)24(31)15-16-28(23,6)21(22)14-18-29(20,30)7/h19-20,23-25,31H,9-18H2,1-8H3. The highest BCUT2D eigenvalue weighted by atomic mass is 16.6. The number of allylic oxidation sites excluding steroid dienone is 2. The van der Waals surface area contributed by atoms with Crippen molar-refractivity contribution in [2.45, 2.75) is 137 Å². The molecule has 0 aromatic rings. The number of hydrogen-bond donors (Lipinski definition) is 1. The fraction of sp³-hybridized carbons (Fsp3) is 0.933. The molecule has 2 saturated carbocycles. The number of rotatable bonds is 4. The van der Waals surface area contributed by atoms with Crippen molar-refractivity contribution in [1.29, 1.82) is 0 Å². The molecule has 0 bridgehead atoms. The van der Waals surface area contributed by atoms with Crippen LogP contribution in [0.3, 0.4) is 0 Å². The Morgan fingerprint density at radius 3 is 2.25 bits per heavy atom. The molecule has 8 atom stereocenters. The monoisotopic (exact) mass is 442 g/mol. The van der Waals surface area contributed by atoms with Crippen molar-refractivity contribution >= 4 is 0 Å². The number of aliphatic hydroxyl groups is 1. The molecule has 0 spiro atoms. The van der Waals surface area contributed by atoms with Gasteiger partial charge >= 0.3 is 0 Å². The Morgan fingerprint density at radius 1 is 0.906 bits per heavy atom. The zero-order valence-electron chi connectivity index (χ0n) is 22.3. The number of fused-ring (bicyclic) bond motifs is 4. The lowest BCUT2D eigenvalue weighted by atomic mass is 9.43. The van der Waals surface area contributed by atoms with Crippen molar-refractivity contribution in [2.75, 3.05) is 0 Å². The maximum Gasteiger partial charge on any atom is 0.0892 e. The molecule has 1 N–H and O–H groups in total. The average molecular weight is 443 g/mol. The average Bonchev–Trinajstić information content (AvgIpc) is 3.22. The van der Waals surface area contributed by atoms with Gasteiger partial charge in [-0.05, 0) is 117 Å². The summed E-state index contributed by atoms with van der Waals surface area (Å²) in [6, 6.07) is 0. The summed E-state index contributed by atoms with van der Waals surface area (Å²) >= 11 is 0. The summed E-state index contributed by atoms with van der Waals surface area (Å²) in [5, 5.41) is 10.8. The summed E-state index contributed by atoms with van der Waals surface area (Å²) in [6.07, 6.45) is 13.1. The number of ether oxygens (including phenoxy) is 1. The minimum Gasteiger partial charge on any atom is -0.393 e. The molecule has 182 valence electrons. The predicted octanol–water partition coefficient (Wildman–Crippen LogP) is 7.69. The van der Waals surface area contributed by atoms with Crippen LogP contribution in [0, 0.1) is 39.4 Å². The number of hydrogen-bond acceptors (Lipinski definition) is 2. The molecular weight excluding hydrogens is 392 g/mol. The molecule has 5 aliphatic rings. The van der Waals surface area contributed by atoms with Crippen molar-refractivity contribution in [2.24, 2.45) is 39.4 Å². The molecule has 2 heteroatoms. The molecule has 3 fully saturated rings. The van der Waals surface area contributed by atoms with E-state index in [0.717, 1.165) is 18.3 Å². The molecular formula is C30H50O2. The second-order valence-electron chi connectivity index (χ2n) is 14.5. The Labute approximate surface area is 198 Å². The summed E-state index contributed by atoms with van der Waals surface area (Å²) in [7, 11) is 0. The second-order valence-corrected chi connectivity index (χ2v) is 14.5. The summed E-state index contributed by atoms with van der Waals surface area (Å²) in [4.78, 5) is 0. The molecule has 0 radical (unpaired) electrons. The van der Waals surface area contributed by atoms with Crippen LogP contribution in [-0.4, -0.2) is 22.9 Å². The first kappa shape index (κ1) is 23.4. The molecule has 32 heavy (non-hydrogen) atoms. The maximum atomic E-state index is 10.8. The molecule has 4 aliphatic carbocycles. The van der Waals surface area contributed by atoms with Gasteiger partial charge in [-0.15, -0.1) is 0 Å². The third-order valence-electron chi connectivity index (χ3n) is 12.5. The Bertz CT molecular complexity index is 808. The lowest BCUT2D eigenvalue weighted by Gasteiger charge is -2.62. The van der Waals surface area contributed by atoms with E-state index in [4.69, 9.17) is 4.74 Å². The van der Waals surface area contributed by atoms with Crippen LogP contribution < -0.4 is 0 Å². The largest absolute Gasteiger partial charge is 0.393 e. The second kappa shape index (κ2) is 7.09. The van der Waals surface area contributed by atoms with Crippen LogP contribution >= 0.6 is 0 Å². The van der Waals surface area contributed by atoms with Gasteiger partial charge < -0.3 is 9.84 Å². The first-order valence-electron chi connectivity index (χ1n) is 13.9. The normalized spacial score (nSPS) is 49.8.